The Bertz CT molecular complexity index is 711. The van der Waals surface area contributed by atoms with Crippen molar-refractivity contribution in [1.29, 1.82) is 5.26 Å². The minimum absolute atomic E-state index is 0.245. The third-order valence-corrected chi connectivity index (χ3v) is 3.26. The summed E-state index contributed by atoms with van der Waals surface area (Å²) < 4.78 is 0. The number of amides is 1. The van der Waals surface area contributed by atoms with E-state index in [0.717, 1.165) is 11.1 Å². The van der Waals surface area contributed by atoms with Crippen molar-refractivity contribution in [2.45, 2.75) is 12.3 Å². The second-order valence-corrected chi connectivity index (χ2v) is 4.85. The van der Waals surface area contributed by atoms with Crippen molar-refractivity contribution >= 4 is 11.9 Å². The molecule has 0 heterocycles. The SMILES string of the molecule is N#Cc1ccc(CC(C(=O)N=C(N)N)c2ccccc2)cc1. The van der Waals surface area contributed by atoms with Gasteiger partial charge in [0.2, 0.25) is 0 Å². The van der Waals surface area contributed by atoms with Crippen molar-refractivity contribution in [3.05, 3.63) is 71.3 Å². The summed E-state index contributed by atoms with van der Waals surface area (Å²) in [6.45, 7) is 0. The molecule has 5 heteroatoms. The summed E-state index contributed by atoms with van der Waals surface area (Å²) in [4.78, 5) is 15.9. The number of nitriles is 1. The fourth-order valence-corrected chi connectivity index (χ4v) is 2.19. The van der Waals surface area contributed by atoms with Gasteiger partial charge in [0.05, 0.1) is 17.6 Å². The number of nitrogens with zero attached hydrogens (tertiary/aromatic N) is 2. The van der Waals surface area contributed by atoms with E-state index in [0.29, 0.717) is 12.0 Å². The molecule has 0 aromatic heterocycles. The molecule has 2 aromatic carbocycles. The summed E-state index contributed by atoms with van der Waals surface area (Å²) >= 11 is 0. The second kappa shape index (κ2) is 7.04. The molecule has 1 amide bonds. The van der Waals surface area contributed by atoms with E-state index in [1.165, 1.54) is 0 Å². The molecular weight excluding hydrogens is 276 g/mol. The average Bonchev–Trinajstić information content (AvgIpc) is 2.53. The predicted molar refractivity (Wildman–Crippen MR) is 84.9 cm³/mol. The fraction of sp³-hybridized carbons (Fsp3) is 0.118. The molecule has 110 valence electrons. The maximum absolute atomic E-state index is 12.3. The van der Waals surface area contributed by atoms with Crippen LogP contribution in [0.4, 0.5) is 0 Å². The van der Waals surface area contributed by atoms with Crippen molar-refractivity contribution in [2.75, 3.05) is 0 Å². The normalized spacial score (nSPS) is 11.2. The van der Waals surface area contributed by atoms with Gasteiger partial charge in [-0.05, 0) is 29.7 Å². The number of benzene rings is 2. The molecule has 0 spiro atoms. The van der Waals surface area contributed by atoms with Gasteiger partial charge in [-0.15, -0.1) is 0 Å². The number of nitrogens with two attached hydrogens (primary N) is 2. The summed E-state index contributed by atoms with van der Waals surface area (Å²) in [7, 11) is 0. The molecule has 2 rings (SSSR count). The molecule has 1 atom stereocenters. The Morgan fingerprint density at radius 1 is 1.09 bits per heavy atom. The topological polar surface area (TPSA) is 105 Å². The van der Waals surface area contributed by atoms with Crippen LogP contribution in [0.3, 0.4) is 0 Å². The number of carbonyl (C=O) groups is 1. The standard InChI is InChI=1S/C17H16N4O/c18-11-13-8-6-12(7-9-13)10-15(16(22)21-17(19)20)14-4-2-1-3-5-14/h1-9,15H,10H2,(H4,19,20,21,22). The molecule has 0 radical (unpaired) electrons. The Kier molecular flexibility index (Phi) is 4.89. The molecule has 2 aromatic rings. The van der Waals surface area contributed by atoms with Gasteiger partial charge in [-0.1, -0.05) is 42.5 Å². The molecule has 0 aliphatic heterocycles. The first-order chi connectivity index (χ1) is 10.6. The van der Waals surface area contributed by atoms with E-state index < -0.39 is 5.92 Å². The zero-order valence-corrected chi connectivity index (χ0v) is 11.9. The predicted octanol–water partition coefficient (Wildman–Crippen LogP) is 1.68. The highest BCUT2D eigenvalue weighted by atomic mass is 16.1. The summed E-state index contributed by atoms with van der Waals surface area (Å²) in [6.07, 6.45) is 0.464. The number of rotatable bonds is 4. The van der Waals surface area contributed by atoms with Gasteiger partial charge < -0.3 is 11.5 Å². The molecule has 0 saturated heterocycles. The van der Waals surface area contributed by atoms with Crippen LogP contribution in [0, 0.1) is 11.3 Å². The number of carbonyl (C=O) groups excluding carboxylic acids is 1. The van der Waals surface area contributed by atoms with E-state index in [9.17, 15) is 4.79 Å². The quantitative estimate of drug-likeness (QED) is 0.660. The van der Waals surface area contributed by atoms with Gasteiger partial charge in [0.1, 0.15) is 0 Å². The molecule has 5 nitrogen and oxygen atoms in total. The van der Waals surface area contributed by atoms with E-state index in [4.69, 9.17) is 16.7 Å². The fourth-order valence-electron chi connectivity index (χ4n) is 2.19. The Morgan fingerprint density at radius 3 is 2.27 bits per heavy atom. The average molecular weight is 292 g/mol. The van der Waals surface area contributed by atoms with Crippen molar-refractivity contribution in [1.82, 2.24) is 0 Å². The molecule has 0 aliphatic carbocycles. The van der Waals surface area contributed by atoms with Gasteiger partial charge in [-0.25, -0.2) is 0 Å². The molecular formula is C17H16N4O. The first-order valence-electron chi connectivity index (χ1n) is 6.77. The van der Waals surface area contributed by atoms with Crippen LogP contribution in [0.1, 0.15) is 22.6 Å². The summed E-state index contributed by atoms with van der Waals surface area (Å²) in [5, 5.41) is 8.83. The first-order valence-corrected chi connectivity index (χ1v) is 6.77. The second-order valence-electron chi connectivity index (χ2n) is 4.85. The lowest BCUT2D eigenvalue weighted by Crippen LogP contribution is -2.26. The van der Waals surface area contributed by atoms with Crippen molar-refractivity contribution in [3.8, 4) is 6.07 Å². The zero-order valence-electron chi connectivity index (χ0n) is 11.9. The van der Waals surface area contributed by atoms with Crippen LogP contribution >= 0.6 is 0 Å². The first kappa shape index (κ1) is 15.3. The molecule has 22 heavy (non-hydrogen) atoms. The molecule has 4 N–H and O–H groups in total. The van der Waals surface area contributed by atoms with E-state index in [-0.39, 0.29) is 11.9 Å². The van der Waals surface area contributed by atoms with E-state index in [2.05, 4.69) is 11.1 Å². The van der Waals surface area contributed by atoms with Gasteiger partial charge >= 0.3 is 0 Å². The van der Waals surface area contributed by atoms with Crippen LogP contribution < -0.4 is 11.5 Å². The Balaban J connectivity index is 2.30. The van der Waals surface area contributed by atoms with Gasteiger partial charge in [-0.2, -0.15) is 10.3 Å². The minimum Gasteiger partial charge on any atom is -0.370 e. The number of hydrogen-bond acceptors (Lipinski definition) is 2. The number of hydrogen-bond donors (Lipinski definition) is 2. The summed E-state index contributed by atoms with van der Waals surface area (Å²) in [6, 6.07) is 18.5. The van der Waals surface area contributed by atoms with Crippen molar-refractivity contribution in [2.24, 2.45) is 16.5 Å². The lowest BCUT2D eigenvalue weighted by Gasteiger charge is -2.14. The Morgan fingerprint density at radius 2 is 1.73 bits per heavy atom. The third kappa shape index (κ3) is 3.93. The van der Waals surface area contributed by atoms with E-state index in [1.54, 1.807) is 12.1 Å². The van der Waals surface area contributed by atoms with E-state index in [1.807, 2.05) is 42.5 Å². The number of aliphatic imine (C=N–C) groups is 1. The summed E-state index contributed by atoms with van der Waals surface area (Å²) in [5.74, 6) is -1.09. The largest absolute Gasteiger partial charge is 0.370 e. The van der Waals surface area contributed by atoms with Crippen LogP contribution in [0.5, 0.6) is 0 Å². The Hall–Kier alpha value is -3.13. The van der Waals surface area contributed by atoms with Crippen LogP contribution in [-0.4, -0.2) is 11.9 Å². The van der Waals surface area contributed by atoms with Crippen molar-refractivity contribution in [3.63, 3.8) is 0 Å². The van der Waals surface area contributed by atoms with Crippen LogP contribution in [0.25, 0.3) is 0 Å². The maximum atomic E-state index is 12.3. The number of guanidine groups is 1. The highest BCUT2D eigenvalue weighted by Gasteiger charge is 2.20. The van der Waals surface area contributed by atoms with Crippen LogP contribution in [0.15, 0.2) is 59.6 Å². The lowest BCUT2D eigenvalue weighted by atomic mass is 9.91. The smallest absolute Gasteiger partial charge is 0.256 e. The minimum atomic E-state index is -0.462. The molecule has 0 fully saturated rings. The zero-order chi connectivity index (χ0) is 15.9. The van der Waals surface area contributed by atoms with Gasteiger partial charge in [0.25, 0.3) is 5.91 Å². The summed E-state index contributed by atoms with van der Waals surface area (Å²) in [5.41, 5.74) is 13.0. The Labute approximate surface area is 128 Å². The highest BCUT2D eigenvalue weighted by molar-refractivity contribution is 5.95. The molecule has 0 aliphatic rings. The van der Waals surface area contributed by atoms with E-state index >= 15 is 0 Å². The van der Waals surface area contributed by atoms with Gasteiger partial charge in [0.15, 0.2) is 5.96 Å². The maximum Gasteiger partial charge on any atom is 0.256 e. The van der Waals surface area contributed by atoms with Gasteiger partial charge in [-0.3, -0.25) is 4.79 Å². The lowest BCUT2D eigenvalue weighted by molar-refractivity contribution is -0.119. The molecule has 1 unspecified atom stereocenters. The third-order valence-electron chi connectivity index (χ3n) is 3.26. The van der Waals surface area contributed by atoms with Gasteiger partial charge in [0, 0.05) is 0 Å². The highest BCUT2D eigenvalue weighted by Crippen LogP contribution is 2.22. The molecule has 0 bridgehead atoms. The van der Waals surface area contributed by atoms with Crippen LogP contribution in [0.2, 0.25) is 0 Å². The van der Waals surface area contributed by atoms with Crippen molar-refractivity contribution < 1.29 is 4.79 Å². The van der Waals surface area contributed by atoms with Crippen LogP contribution in [-0.2, 0) is 11.2 Å². The molecule has 0 saturated carbocycles. The monoisotopic (exact) mass is 292 g/mol.